The Morgan fingerprint density at radius 2 is 2.25 bits per heavy atom. The normalized spacial score (nSPS) is 17.5. The molecule has 0 saturated heterocycles. The Morgan fingerprint density at radius 3 is 2.85 bits per heavy atom. The lowest BCUT2D eigenvalue weighted by Gasteiger charge is -2.19. The van der Waals surface area contributed by atoms with Gasteiger partial charge in [0.15, 0.2) is 0 Å². The summed E-state index contributed by atoms with van der Waals surface area (Å²) in [6.45, 7) is 3.96. The third-order valence-electron chi connectivity index (χ3n) is 3.95. The van der Waals surface area contributed by atoms with Crippen LogP contribution in [0, 0.1) is 6.92 Å². The van der Waals surface area contributed by atoms with Crippen LogP contribution in [0.5, 0.6) is 0 Å². The van der Waals surface area contributed by atoms with Gasteiger partial charge in [-0.3, -0.25) is 9.89 Å². The summed E-state index contributed by atoms with van der Waals surface area (Å²) in [5.41, 5.74) is 1.95. The first-order valence-corrected chi connectivity index (χ1v) is 6.85. The van der Waals surface area contributed by atoms with E-state index in [4.69, 9.17) is 0 Å². The molecule has 1 unspecified atom stereocenters. The highest BCUT2D eigenvalue weighted by molar-refractivity contribution is 5.91. The fourth-order valence-electron chi connectivity index (χ4n) is 2.54. The third-order valence-corrected chi connectivity index (χ3v) is 3.95. The zero-order valence-electron chi connectivity index (χ0n) is 11.7. The minimum absolute atomic E-state index is 0.0759. The van der Waals surface area contributed by atoms with Gasteiger partial charge in [-0.1, -0.05) is 29.8 Å². The number of aromatic amines is 1. The predicted molar refractivity (Wildman–Crippen MR) is 75.0 cm³/mol. The zero-order valence-corrected chi connectivity index (χ0v) is 11.7. The van der Waals surface area contributed by atoms with E-state index in [1.54, 1.807) is 0 Å². The molecule has 1 aliphatic rings. The molecule has 0 radical (unpaired) electrons. The van der Waals surface area contributed by atoms with Crippen molar-refractivity contribution in [2.45, 2.75) is 38.1 Å². The molecule has 0 bridgehead atoms. The molecule has 20 heavy (non-hydrogen) atoms. The van der Waals surface area contributed by atoms with E-state index in [2.05, 4.69) is 39.6 Å². The first-order chi connectivity index (χ1) is 9.62. The molecule has 1 fully saturated rings. The summed E-state index contributed by atoms with van der Waals surface area (Å²) >= 11 is 0. The topological polar surface area (TPSA) is 70.7 Å². The summed E-state index contributed by atoms with van der Waals surface area (Å²) in [7, 11) is 0. The summed E-state index contributed by atoms with van der Waals surface area (Å²) in [5.74, 6) is 0.755. The van der Waals surface area contributed by atoms with Gasteiger partial charge in [0.25, 0.3) is 0 Å². The van der Waals surface area contributed by atoms with Crippen LogP contribution in [-0.2, 0) is 10.2 Å². The lowest BCUT2D eigenvalue weighted by molar-refractivity contribution is -0.124. The summed E-state index contributed by atoms with van der Waals surface area (Å²) in [4.78, 5) is 16.6. The van der Waals surface area contributed by atoms with Gasteiger partial charge in [-0.15, -0.1) is 0 Å². The molecule has 1 saturated carbocycles. The minimum atomic E-state index is -0.347. The van der Waals surface area contributed by atoms with Gasteiger partial charge in [0.1, 0.15) is 12.2 Å². The molecule has 1 amide bonds. The van der Waals surface area contributed by atoms with Gasteiger partial charge in [0, 0.05) is 0 Å². The molecule has 1 heterocycles. The number of carbonyl (C=O) groups is 1. The van der Waals surface area contributed by atoms with Crippen LogP contribution in [-0.4, -0.2) is 21.1 Å². The molecule has 5 heteroatoms. The molecule has 1 atom stereocenters. The molecule has 104 valence electrons. The fourth-order valence-corrected chi connectivity index (χ4v) is 2.54. The first-order valence-electron chi connectivity index (χ1n) is 6.85. The molecule has 2 aromatic rings. The maximum atomic E-state index is 12.6. The number of hydrogen-bond donors (Lipinski definition) is 2. The Hall–Kier alpha value is -2.17. The summed E-state index contributed by atoms with van der Waals surface area (Å²) in [6, 6.07) is 8.05. The van der Waals surface area contributed by atoms with Crippen LogP contribution in [0.25, 0.3) is 0 Å². The number of H-pyrrole nitrogens is 1. The Balaban J connectivity index is 1.77. The molecule has 0 spiro atoms. The second-order valence-electron chi connectivity index (χ2n) is 5.52. The van der Waals surface area contributed by atoms with Crippen molar-refractivity contribution in [3.05, 3.63) is 47.5 Å². The van der Waals surface area contributed by atoms with Crippen LogP contribution < -0.4 is 5.32 Å². The maximum absolute atomic E-state index is 12.6. The van der Waals surface area contributed by atoms with Crippen LogP contribution in [0.1, 0.15) is 42.8 Å². The van der Waals surface area contributed by atoms with Crippen molar-refractivity contribution in [2.75, 3.05) is 0 Å². The Morgan fingerprint density at radius 1 is 1.45 bits per heavy atom. The first kappa shape index (κ1) is 12.8. The second-order valence-corrected chi connectivity index (χ2v) is 5.52. The van der Waals surface area contributed by atoms with Crippen molar-refractivity contribution in [1.82, 2.24) is 20.5 Å². The number of hydrogen-bond acceptors (Lipinski definition) is 3. The van der Waals surface area contributed by atoms with Crippen molar-refractivity contribution >= 4 is 5.91 Å². The van der Waals surface area contributed by atoms with Gasteiger partial charge in [-0.05, 0) is 32.3 Å². The smallest absolute Gasteiger partial charge is 0.231 e. The molecular formula is C15H18N4O. The Labute approximate surface area is 117 Å². The largest absolute Gasteiger partial charge is 0.346 e. The van der Waals surface area contributed by atoms with E-state index in [1.807, 2.05) is 19.1 Å². The van der Waals surface area contributed by atoms with Crippen molar-refractivity contribution in [3.8, 4) is 0 Å². The van der Waals surface area contributed by atoms with Gasteiger partial charge < -0.3 is 5.32 Å². The SMILES string of the molecule is Cc1cccc(C2(C(=O)NC(C)c3ncn[nH]3)CC2)c1. The second kappa shape index (κ2) is 4.74. The van der Waals surface area contributed by atoms with Gasteiger partial charge in [0.2, 0.25) is 5.91 Å². The summed E-state index contributed by atoms with van der Waals surface area (Å²) in [6.07, 6.45) is 3.27. The molecule has 3 rings (SSSR count). The highest BCUT2D eigenvalue weighted by Gasteiger charge is 2.51. The average Bonchev–Trinajstić information content (AvgIpc) is 3.06. The van der Waals surface area contributed by atoms with Gasteiger partial charge >= 0.3 is 0 Å². The number of benzene rings is 1. The van der Waals surface area contributed by atoms with Crippen molar-refractivity contribution in [2.24, 2.45) is 0 Å². The van der Waals surface area contributed by atoms with Gasteiger partial charge in [-0.25, -0.2) is 4.98 Å². The highest BCUT2D eigenvalue weighted by Crippen LogP contribution is 2.48. The fraction of sp³-hybridized carbons (Fsp3) is 0.400. The van der Waals surface area contributed by atoms with Crippen LogP contribution in [0.3, 0.4) is 0 Å². The molecular weight excluding hydrogens is 252 g/mol. The number of rotatable bonds is 4. The highest BCUT2D eigenvalue weighted by atomic mass is 16.2. The van der Waals surface area contributed by atoms with E-state index >= 15 is 0 Å². The van der Waals surface area contributed by atoms with E-state index in [-0.39, 0.29) is 17.4 Å². The number of aryl methyl sites for hydroxylation is 1. The number of amides is 1. The Kier molecular flexibility index (Phi) is 3.04. The lowest BCUT2D eigenvalue weighted by atomic mass is 9.93. The predicted octanol–water partition coefficient (Wildman–Crippen LogP) is 2.02. The van der Waals surface area contributed by atoms with Crippen LogP contribution in [0.2, 0.25) is 0 Å². The van der Waals surface area contributed by atoms with Crippen LogP contribution in [0.4, 0.5) is 0 Å². The van der Waals surface area contributed by atoms with E-state index in [0.717, 1.165) is 18.4 Å². The van der Waals surface area contributed by atoms with Crippen LogP contribution in [0.15, 0.2) is 30.6 Å². The minimum Gasteiger partial charge on any atom is -0.346 e. The van der Waals surface area contributed by atoms with Crippen molar-refractivity contribution in [1.29, 1.82) is 0 Å². The van der Waals surface area contributed by atoms with E-state index in [9.17, 15) is 4.79 Å². The average molecular weight is 270 g/mol. The van der Waals surface area contributed by atoms with Gasteiger partial charge in [0.05, 0.1) is 11.5 Å². The molecule has 1 aromatic heterocycles. The monoisotopic (exact) mass is 270 g/mol. The lowest BCUT2D eigenvalue weighted by Crippen LogP contribution is -2.36. The molecule has 1 aromatic carbocycles. The van der Waals surface area contributed by atoms with E-state index < -0.39 is 0 Å². The van der Waals surface area contributed by atoms with Crippen LogP contribution >= 0.6 is 0 Å². The number of nitrogens with zero attached hydrogens (tertiary/aromatic N) is 2. The van der Waals surface area contributed by atoms with Gasteiger partial charge in [-0.2, -0.15) is 5.10 Å². The molecule has 0 aliphatic heterocycles. The van der Waals surface area contributed by atoms with E-state index in [0.29, 0.717) is 5.82 Å². The van der Waals surface area contributed by atoms with Crippen molar-refractivity contribution < 1.29 is 4.79 Å². The molecule has 5 nitrogen and oxygen atoms in total. The standard InChI is InChI=1S/C15H18N4O/c1-10-4-3-5-12(8-10)15(6-7-15)14(20)18-11(2)13-16-9-17-19-13/h3-5,8-9,11H,6-7H2,1-2H3,(H,18,20)(H,16,17,19). The number of aromatic nitrogens is 3. The van der Waals surface area contributed by atoms with Crippen molar-refractivity contribution in [3.63, 3.8) is 0 Å². The number of nitrogens with one attached hydrogen (secondary N) is 2. The quantitative estimate of drug-likeness (QED) is 0.893. The number of carbonyl (C=O) groups excluding carboxylic acids is 1. The molecule has 2 N–H and O–H groups in total. The zero-order chi connectivity index (χ0) is 14.2. The Bertz CT molecular complexity index is 617. The maximum Gasteiger partial charge on any atom is 0.231 e. The van der Waals surface area contributed by atoms with E-state index in [1.165, 1.54) is 11.9 Å². The molecule has 1 aliphatic carbocycles. The summed E-state index contributed by atoms with van der Waals surface area (Å²) < 4.78 is 0. The summed E-state index contributed by atoms with van der Waals surface area (Å²) in [5, 5.41) is 9.63. The third kappa shape index (κ3) is 2.19.